The van der Waals surface area contributed by atoms with E-state index in [2.05, 4.69) is 24.3 Å². The summed E-state index contributed by atoms with van der Waals surface area (Å²) < 4.78 is 25.7. The Morgan fingerprint density at radius 2 is 1.23 bits per heavy atom. The van der Waals surface area contributed by atoms with Gasteiger partial charge in [-0.2, -0.15) is 0 Å². The predicted molar refractivity (Wildman–Crippen MR) is 110 cm³/mol. The Kier molecular flexibility index (Phi) is 5.13. The minimum absolute atomic E-state index is 0.124. The molecule has 0 amide bonds. The maximum Gasteiger partial charge on any atom is 0.337 e. The SMILES string of the molecule is CC1O[C@@]2(CCC[C@@H](c3ccccc3)O2)[C@]2(CCC[C@H](c3ccccc3)O2)OC1=O. The first-order valence-electron chi connectivity index (χ1n) is 11.0. The van der Waals surface area contributed by atoms with Crippen molar-refractivity contribution in [3.63, 3.8) is 0 Å². The Morgan fingerprint density at radius 1 is 0.733 bits per heavy atom. The summed E-state index contributed by atoms with van der Waals surface area (Å²) in [7, 11) is 0. The van der Waals surface area contributed by atoms with Crippen molar-refractivity contribution in [3.8, 4) is 0 Å². The van der Waals surface area contributed by atoms with Gasteiger partial charge in [0.05, 0.1) is 12.2 Å². The van der Waals surface area contributed by atoms with Crippen molar-refractivity contribution in [1.29, 1.82) is 0 Å². The monoisotopic (exact) mass is 408 g/mol. The highest BCUT2D eigenvalue weighted by atomic mass is 16.8. The summed E-state index contributed by atoms with van der Waals surface area (Å²) in [6.45, 7) is 1.73. The van der Waals surface area contributed by atoms with E-state index in [0.29, 0.717) is 12.8 Å². The van der Waals surface area contributed by atoms with Crippen LogP contribution < -0.4 is 0 Å². The molecule has 0 bridgehead atoms. The van der Waals surface area contributed by atoms with Crippen molar-refractivity contribution < 1.29 is 23.7 Å². The Hall–Kier alpha value is -2.21. The van der Waals surface area contributed by atoms with Crippen molar-refractivity contribution in [2.75, 3.05) is 0 Å². The highest BCUT2D eigenvalue weighted by molar-refractivity contribution is 5.75. The van der Waals surface area contributed by atoms with Crippen molar-refractivity contribution in [2.24, 2.45) is 0 Å². The molecule has 2 spiro atoms. The molecule has 158 valence electrons. The molecule has 3 saturated heterocycles. The molecule has 3 aliphatic heterocycles. The van der Waals surface area contributed by atoms with Gasteiger partial charge in [0.25, 0.3) is 5.79 Å². The number of carbonyl (C=O) groups excluding carboxylic acids is 1. The standard InChI is InChI=1S/C25H28O5/c1-18-23(26)30-25(17-9-15-22(29-25)20-12-6-3-7-13-20)24(27-18)16-8-14-21(28-24)19-10-4-2-5-11-19/h2-7,10-13,18,21-22H,8-9,14-17H2,1H3/t18?,21-,22+,24+,25-/m0/s1. The fourth-order valence-electron chi connectivity index (χ4n) is 5.01. The minimum Gasteiger partial charge on any atom is -0.425 e. The lowest BCUT2D eigenvalue weighted by molar-refractivity contribution is -0.459. The van der Waals surface area contributed by atoms with E-state index in [0.717, 1.165) is 36.8 Å². The van der Waals surface area contributed by atoms with Crippen LogP contribution in [0.25, 0.3) is 0 Å². The van der Waals surface area contributed by atoms with Crippen LogP contribution in [0.1, 0.15) is 68.8 Å². The molecular weight excluding hydrogens is 380 g/mol. The zero-order chi connectivity index (χ0) is 20.6. The number of fused-ring (bicyclic) bond motifs is 1. The molecule has 5 heteroatoms. The van der Waals surface area contributed by atoms with Crippen LogP contribution in [0, 0.1) is 0 Å². The fraction of sp³-hybridized carbons (Fsp3) is 0.480. The maximum absolute atomic E-state index is 12.6. The lowest BCUT2D eigenvalue weighted by Crippen LogP contribution is -2.69. The van der Waals surface area contributed by atoms with E-state index in [9.17, 15) is 4.79 Å². The Labute approximate surface area is 177 Å². The molecule has 0 radical (unpaired) electrons. The molecule has 2 aromatic carbocycles. The van der Waals surface area contributed by atoms with E-state index >= 15 is 0 Å². The van der Waals surface area contributed by atoms with Gasteiger partial charge < -0.3 is 18.9 Å². The van der Waals surface area contributed by atoms with Crippen molar-refractivity contribution in [1.82, 2.24) is 0 Å². The fourth-order valence-corrected chi connectivity index (χ4v) is 5.01. The zero-order valence-corrected chi connectivity index (χ0v) is 17.3. The molecule has 0 saturated carbocycles. The summed E-state index contributed by atoms with van der Waals surface area (Å²) in [5.41, 5.74) is 2.19. The van der Waals surface area contributed by atoms with Crippen LogP contribution >= 0.6 is 0 Å². The second-order valence-corrected chi connectivity index (χ2v) is 8.51. The highest BCUT2D eigenvalue weighted by Gasteiger charge is 2.66. The minimum atomic E-state index is -1.23. The number of hydrogen-bond acceptors (Lipinski definition) is 5. The van der Waals surface area contributed by atoms with Gasteiger partial charge in [-0.3, -0.25) is 0 Å². The summed E-state index contributed by atoms with van der Waals surface area (Å²) in [5, 5.41) is 0. The third kappa shape index (κ3) is 3.35. The molecule has 0 aromatic heterocycles. The molecule has 5 atom stereocenters. The first-order valence-corrected chi connectivity index (χ1v) is 11.0. The largest absolute Gasteiger partial charge is 0.425 e. The number of rotatable bonds is 2. The van der Waals surface area contributed by atoms with E-state index in [-0.39, 0.29) is 18.2 Å². The lowest BCUT2D eigenvalue weighted by Gasteiger charge is -2.56. The topological polar surface area (TPSA) is 54.0 Å². The lowest BCUT2D eigenvalue weighted by atomic mass is 9.85. The van der Waals surface area contributed by atoms with Crippen molar-refractivity contribution in [3.05, 3.63) is 71.8 Å². The van der Waals surface area contributed by atoms with Gasteiger partial charge in [-0.1, -0.05) is 60.7 Å². The number of benzene rings is 2. The maximum atomic E-state index is 12.6. The number of ether oxygens (including phenoxy) is 4. The highest BCUT2D eigenvalue weighted by Crippen LogP contribution is 2.54. The van der Waals surface area contributed by atoms with Gasteiger partial charge in [-0.05, 0) is 43.7 Å². The van der Waals surface area contributed by atoms with Gasteiger partial charge in [0.15, 0.2) is 6.10 Å². The molecule has 3 heterocycles. The third-order valence-electron chi connectivity index (χ3n) is 6.50. The summed E-state index contributed by atoms with van der Waals surface area (Å²) in [6.07, 6.45) is 3.77. The van der Waals surface area contributed by atoms with Crippen molar-refractivity contribution in [2.45, 2.75) is 75.3 Å². The van der Waals surface area contributed by atoms with E-state index in [1.165, 1.54) is 0 Å². The predicted octanol–water partition coefficient (Wildman–Crippen LogP) is 5.22. The van der Waals surface area contributed by atoms with Crippen LogP contribution in [0.3, 0.4) is 0 Å². The van der Waals surface area contributed by atoms with Crippen molar-refractivity contribution >= 4 is 5.97 Å². The second-order valence-electron chi connectivity index (χ2n) is 8.51. The van der Waals surface area contributed by atoms with E-state index in [1.807, 2.05) is 36.4 Å². The summed E-state index contributed by atoms with van der Waals surface area (Å²) >= 11 is 0. The Morgan fingerprint density at radius 3 is 1.80 bits per heavy atom. The van der Waals surface area contributed by atoms with E-state index < -0.39 is 17.7 Å². The molecule has 2 aromatic rings. The molecule has 1 unspecified atom stereocenters. The molecule has 5 rings (SSSR count). The molecule has 5 nitrogen and oxygen atoms in total. The van der Waals surface area contributed by atoms with Gasteiger partial charge in [-0.15, -0.1) is 0 Å². The second kappa shape index (κ2) is 7.80. The van der Waals surface area contributed by atoms with Crippen LogP contribution in [-0.4, -0.2) is 23.6 Å². The van der Waals surface area contributed by atoms with Crippen LogP contribution in [0.4, 0.5) is 0 Å². The van der Waals surface area contributed by atoms with Gasteiger partial charge in [0.1, 0.15) is 0 Å². The van der Waals surface area contributed by atoms with E-state index in [1.54, 1.807) is 6.92 Å². The van der Waals surface area contributed by atoms with Gasteiger partial charge >= 0.3 is 5.97 Å². The third-order valence-corrected chi connectivity index (χ3v) is 6.50. The molecule has 3 fully saturated rings. The molecular formula is C25H28O5. The van der Waals surface area contributed by atoms with E-state index in [4.69, 9.17) is 18.9 Å². The van der Waals surface area contributed by atoms with Crippen LogP contribution in [0.5, 0.6) is 0 Å². The first kappa shape index (κ1) is 19.7. The first-order chi connectivity index (χ1) is 14.6. The van der Waals surface area contributed by atoms with Gasteiger partial charge in [0.2, 0.25) is 5.79 Å². The number of hydrogen-bond donors (Lipinski definition) is 0. The summed E-state index contributed by atoms with van der Waals surface area (Å²) in [6, 6.07) is 20.3. The average Bonchev–Trinajstić information content (AvgIpc) is 2.79. The zero-order valence-electron chi connectivity index (χ0n) is 17.3. The smallest absolute Gasteiger partial charge is 0.337 e. The summed E-state index contributed by atoms with van der Waals surface area (Å²) in [4.78, 5) is 12.6. The van der Waals surface area contributed by atoms with Gasteiger partial charge in [0, 0.05) is 12.8 Å². The summed E-state index contributed by atoms with van der Waals surface area (Å²) in [5.74, 6) is -2.73. The molecule has 30 heavy (non-hydrogen) atoms. The van der Waals surface area contributed by atoms with Crippen LogP contribution in [0.15, 0.2) is 60.7 Å². The molecule has 0 N–H and O–H groups in total. The number of carbonyl (C=O) groups is 1. The van der Waals surface area contributed by atoms with Gasteiger partial charge in [-0.25, -0.2) is 4.79 Å². The number of esters is 1. The Balaban J connectivity index is 1.50. The van der Waals surface area contributed by atoms with Crippen LogP contribution in [-0.2, 0) is 23.7 Å². The Bertz CT molecular complexity index is 885. The van der Waals surface area contributed by atoms with Crippen LogP contribution in [0.2, 0.25) is 0 Å². The molecule has 3 aliphatic rings. The quantitative estimate of drug-likeness (QED) is 0.638. The molecule has 0 aliphatic carbocycles. The average molecular weight is 408 g/mol. The normalized spacial score (nSPS) is 36.6.